The lowest BCUT2D eigenvalue weighted by Crippen LogP contribution is -2.14. The molecule has 0 aliphatic heterocycles. The molecule has 3 aromatic carbocycles. The molecule has 0 N–H and O–H groups in total. The van der Waals surface area contributed by atoms with Crippen LogP contribution in [0.2, 0.25) is 0 Å². The fourth-order valence-corrected chi connectivity index (χ4v) is 2.88. The first kappa shape index (κ1) is 23.7. The number of unbranched alkanes of at least 4 members (excludes halogenated alkanes) is 1. The highest BCUT2D eigenvalue weighted by atomic mass is 16.5. The SMILES string of the molecule is CCCCOc1ccc(C(=O)OCC(=O)c2ccc(OC(=O)c3ccc(C)cc3)cc2)cc1. The zero-order chi connectivity index (χ0) is 23.6. The largest absolute Gasteiger partial charge is 0.494 e. The molecule has 0 aliphatic carbocycles. The zero-order valence-corrected chi connectivity index (χ0v) is 18.7. The number of benzene rings is 3. The highest BCUT2D eigenvalue weighted by Crippen LogP contribution is 2.16. The summed E-state index contributed by atoms with van der Waals surface area (Å²) in [7, 11) is 0. The standard InChI is InChI=1S/C27H26O6/c1-3-4-17-31-23-13-11-21(12-14-23)26(29)32-18-25(28)20-9-15-24(16-10-20)33-27(30)22-7-5-19(2)6-8-22/h5-16H,3-4,17-18H2,1-2H3. The molecule has 6 nitrogen and oxygen atoms in total. The predicted molar refractivity (Wildman–Crippen MR) is 124 cm³/mol. The fraction of sp³-hybridized carbons (Fsp3) is 0.222. The van der Waals surface area contributed by atoms with Crippen LogP contribution in [0.5, 0.6) is 11.5 Å². The van der Waals surface area contributed by atoms with E-state index >= 15 is 0 Å². The molecule has 0 atom stereocenters. The van der Waals surface area contributed by atoms with Gasteiger partial charge in [-0.05, 0) is 74.0 Å². The fourth-order valence-electron chi connectivity index (χ4n) is 2.88. The minimum atomic E-state index is -0.591. The molecular weight excluding hydrogens is 420 g/mol. The van der Waals surface area contributed by atoms with Gasteiger partial charge in [0.15, 0.2) is 12.4 Å². The lowest BCUT2D eigenvalue weighted by Gasteiger charge is -2.08. The van der Waals surface area contributed by atoms with Gasteiger partial charge in [0, 0.05) is 5.56 Å². The molecule has 0 aliphatic rings. The van der Waals surface area contributed by atoms with Gasteiger partial charge in [-0.25, -0.2) is 9.59 Å². The van der Waals surface area contributed by atoms with Gasteiger partial charge in [-0.1, -0.05) is 31.0 Å². The molecule has 0 saturated carbocycles. The number of hydrogen-bond donors (Lipinski definition) is 0. The highest BCUT2D eigenvalue weighted by Gasteiger charge is 2.13. The molecule has 0 heterocycles. The summed E-state index contributed by atoms with van der Waals surface area (Å²) in [6.45, 7) is 4.25. The van der Waals surface area contributed by atoms with Crippen LogP contribution < -0.4 is 9.47 Å². The topological polar surface area (TPSA) is 78.9 Å². The van der Waals surface area contributed by atoms with Gasteiger partial charge in [0.25, 0.3) is 0 Å². The lowest BCUT2D eigenvalue weighted by molar-refractivity contribution is 0.0474. The molecule has 0 saturated heterocycles. The van der Waals surface area contributed by atoms with Crippen molar-refractivity contribution in [2.45, 2.75) is 26.7 Å². The maximum Gasteiger partial charge on any atom is 0.343 e. The third-order valence-electron chi connectivity index (χ3n) is 4.87. The van der Waals surface area contributed by atoms with Gasteiger partial charge in [0.2, 0.25) is 0 Å². The van der Waals surface area contributed by atoms with E-state index in [1.165, 1.54) is 24.3 Å². The quantitative estimate of drug-likeness (QED) is 0.179. The maximum absolute atomic E-state index is 12.4. The summed E-state index contributed by atoms with van der Waals surface area (Å²) in [4.78, 5) is 36.8. The molecule has 0 aromatic heterocycles. The third kappa shape index (κ3) is 7.04. The molecular formula is C27H26O6. The molecule has 6 heteroatoms. The summed E-state index contributed by atoms with van der Waals surface area (Å²) in [6.07, 6.45) is 2.00. The molecule has 0 unspecified atom stereocenters. The number of esters is 2. The van der Waals surface area contributed by atoms with Crippen molar-refractivity contribution in [3.8, 4) is 11.5 Å². The van der Waals surface area contributed by atoms with Crippen LogP contribution in [-0.2, 0) is 4.74 Å². The van der Waals surface area contributed by atoms with Crippen LogP contribution in [0.25, 0.3) is 0 Å². The Morgan fingerprint density at radius 2 is 1.24 bits per heavy atom. The second-order valence-corrected chi connectivity index (χ2v) is 7.51. The molecule has 170 valence electrons. The van der Waals surface area contributed by atoms with Crippen molar-refractivity contribution in [1.82, 2.24) is 0 Å². The molecule has 0 bridgehead atoms. The Labute approximate surface area is 193 Å². The summed E-state index contributed by atoms with van der Waals surface area (Å²) in [5.41, 5.74) is 2.17. The Morgan fingerprint density at radius 3 is 1.88 bits per heavy atom. The molecule has 0 amide bonds. The van der Waals surface area contributed by atoms with Crippen LogP contribution in [-0.4, -0.2) is 30.9 Å². The van der Waals surface area contributed by atoms with Gasteiger partial charge in [-0.15, -0.1) is 0 Å². The number of Topliss-reactive ketones (excluding diaryl/α,β-unsaturated/α-hetero) is 1. The maximum atomic E-state index is 12.4. The van der Waals surface area contributed by atoms with Crippen molar-refractivity contribution < 1.29 is 28.6 Å². The highest BCUT2D eigenvalue weighted by molar-refractivity contribution is 5.99. The van der Waals surface area contributed by atoms with E-state index in [1.54, 1.807) is 36.4 Å². The van der Waals surface area contributed by atoms with Crippen LogP contribution in [0.4, 0.5) is 0 Å². The summed E-state index contributed by atoms with van der Waals surface area (Å²) in [5, 5.41) is 0. The van der Waals surface area contributed by atoms with Gasteiger partial charge in [-0.3, -0.25) is 4.79 Å². The number of aryl methyl sites for hydroxylation is 1. The number of ether oxygens (including phenoxy) is 3. The predicted octanol–water partition coefficient (Wildman–Crippen LogP) is 5.43. The van der Waals surface area contributed by atoms with Crippen LogP contribution in [0.15, 0.2) is 72.8 Å². The second kappa shape index (κ2) is 11.6. The summed E-state index contributed by atoms with van der Waals surface area (Å²) in [6, 6.07) is 19.7. The lowest BCUT2D eigenvalue weighted by atomic mass is 10.1. The van der Waals surface area contributed by atoms with Gasteiger partial charge >= 0.3 is 11.9 Å². The minimum Gasteiger partial charge on any atom is -0.494 e. The first-order valence-electron chi connectivity index (χ1n) is 10.8. The van der Waals surface area contributed by atoms with Gasteiger partial charge < -0.3 is 14.2 Å². The van der Waals surface area contributed by atoms with Crippen molar-refractivity contribution in [3.05, 3.63) is 95.1 Å². The van der Waals surface area contributed by atoms with Gasteiger partial charge in [0.05, 0.1) is 17.7 Å². The molecule has 3 aromatic rings. The van der Waals surface area contributed by atoms with E-state index in [-0.39, 0.29) is 5.78 Å². The van der Waals surface area contributed by atoms with Crippen LogP contribution in [0.1, 0.15) is 56.4 Å². The van der Waals surface area contributed by atoms with Crippen LogP contribution >= 0.6 is 0 Å². The van der Waals surface area contributed by atoms with Crippen molar-refractivity contribution in [2.75, 3.05) is 13.2 Å². The van der Waals surface area contributed by atoms with Gasteiger partial charge in [0.1, 0.15) is 11.5 Å². The Balaban J connectivity index is 1.49. The van der Waals surface area contributed by atoms with Crippen molar-refractivity contribution in [2.24, 2.45) is 0 Å². The Morgan fingerprint density at radius 1 is 0.697 bits per heavy atom. The average molecular weight is 446 g/mol. The summed E-state index contributed by atoms with van der Waals surface area (Å²) in [5.74, 6) is -0.439. The smallest absolute Gasteiger partial charge is 0.343 e. The molecule has 33 heavy (non-hydrogen) atoms. The van der Waals surface area contributed by atoms with E-state index < -0.39 is 18.5 Å². The van der Waals surface area contributed by atoms with Crippen LogP contribution in [0, 0.1) is 6.92 Å². The Bertz CT molecular complexity index is 1080. The van der Waals surface area contributed by atoms with E-state index in [1.807, 2.05) is 19.1 Å². The summed E-state index contributed by atoms with van der Waals surface area (Å²) < 4.78 is 16.0. The molecule has 0 spiro atoms. The number of hydrogen-bond acceptors (Lipinski definition) is 6. The van der Waals surface area contributed by atoms with E-state index in [0.29, 0.717) is 34.8 Å². The first-order valence-corrected chi connectivity index (χ1v) is 10.8. The van der Waals surface area contributed by atoms with E-state index in [0.717, 1.165) is 18.4 Å². The van der Waals surface area contributed by atoms with Crippen molar-refractivity contribution in [3.63, 3.8) is 0 Å². The summed E-state index contributed by atoms with van der Waals surface area (Å²) >= 11 is 0. The van der Waals surface area contributed by atoms with Crippen molar-refractivity contribution in [1.29, 1.82) is 0 Å². The second-order valence-electron chi connectivity index (χ2n) is 7.51. The number of ketones is 1. The number of carbonyl (C=O) groups is 3. The third-order valence-corrected chi connectivity index (χ3v) is 4.87. The monoisotopic (exact) mass is 446 g/mol. The minimum absolute atomic E-state index is 0.315. The van der Waals surface area contributed by atoms with E-state index in [2.05, 4.69) is 6.92 Å². The van der Waals surface area contributed by atoms with E-state index in [4.69, 9.17) is 14.2 Å². The van der Waals surface area contributed by atoms with E-state index in [9.17, 15) is 14.4 Å². The number of carbonyl (C=O) groups excluding carboxylic acids is 3. The van der Waals surface area contributed by atoms with Crippen LogP contribution in [0.3, 0.4) is 0 Å². The van der Waals surface area contributed by atoms with Gasteiger partial charge in [-0.2, -0.15) is 0 Å². The Kier molecular flexibility index (Phi) is 8.36. The molecule has 0 radical (unpaired) electrons. The van der Waals surface area contributed by atoms with Crippen molar-refractivity contribution >= 4 is 17.7 Å². The number of rotatable bonds is 10. The molecule has 0 fully saturated rings. The Hall–Kier alpha value is -3.93. The first-order chi connectivity index (χ1) is 16.0. The zero-order valence-electron chi connectivity index (χ0n) is 18.7. The normalized spacial score (nSPS) is 10.4. The molecule has 3 rings (SSSR count). The average Bonchev–Trinajstić information content (AvgIpc) is 2.84.